The van der Waals surface area contributed by atoms with Crippen LogP contribution in [0.2, 0.25) is 0 Å². The monoisotopic (exact) mass is 427 g/mol. The molecule has 0 N–H and O–H groups in total. The summed E-state index contributed by atoms with van der Waals surface area (Å²) in [5, 5.41) is 1.10. The van der Waals surface area contributed by atoms with Crippen LogP contribution in [0.3, 0.4) is 0 Å². The van der Waals surface area contributed by atoms with E-state index in [0.29, 0.717) is 0 Å². The van der Waals surface area contributed by atoms with Gasteiger partial charge in [0.2, 0.25) is 0 Å². The molecule has 2 heterocycles. The number of hydrogen-bond acceptors (Lipinski definition) is 3. The van der Waals surface area contributed by atoms with Gasteiger partial charge in [0.1, 0.15) is 0 Å². The second kappa shape index (κ2) is 6.46. The van der Waals surface area contributed by atoms with Gasteiger partial charge in [-0.05, 0) is 46.5 Å². The second-order valence-corrected chi connectivity index (χ2v) is 9.23. The van der Waals surface area contributed by atoms with E-state index in [1.807, 2.05) is 24.4 Å². The summed E-state index contributed by atoms with van der Waals surface area (Å²) in [6.45, 7) is 4.55. The fraction of sp³-hybridized carbons (Fsp3) is 0.100. The molecule has 1 aliphatic heterocycles. The van der Waals surface area contributed by atoms with Crippen LogP contribution >= 0.6 is 0 Å². The molecule has 3 heteroatoms. The van der Waals surface area contributed by atoms with E-state index in [-0.39, 0.29) is 5.41 Å². The van der Waals surface area contributed by atoms with Crippen LogP contribution in [0.4, 0.5) is 0 Å². The molecule has 0 atom stereocenters. The topological polar surface area (TPSA) is 31.4 Å². The van der Waals surface area contributed by atoms with E-state index in [1.54, 1.807) is 0 Å². The highest BCUT2D eigenvalue weighted by molar-refractivity contribution is 5.96. The molecule has 4 aromatic carbocycles. The minimum atomic E-state index is -0.0936. The SMILES string of the molecule is CC1(C)c2ccccc2-c2cc3c(cc21)Oc1c(cccc1-c1cccc2cccnc12)O3. The van der Waals surface area contributed by atoms with Crippen molar-refractivity contribution in [3.05, 3.63) is 102 Å². The lowest BCUT2D eigenvalue weighted by Gasteiger charge is -2.26. The fourth-order valence-electron chi connectivity index (χ4n) is 5.33. The summed E-state index contributed by atoms with van der Waals surface area (Å²) in [6.07, 6.45) is 1.83. The van der Waals surface area contributed by atoms with Crippen molar-refractivity contribution in [3.8, 4) is 45.3 Å². The van der Waals surface area contributed by atoms with E-state index in [0.717, 1.165) is 45.0 Å². The van der Waals surface area contributed by atoms with Crippen molar-refractivity contribution in [2.75, 3.05) is 0 Å². The van der Waals surface area contributed by atoms with E-state index in [9.17, 15) is 0 Å². The maximum atomic E-state index is 6.58. The van der Waals surface area contributed by atoms with Gasteiger partial charge in [-0.15, -0.1) is 0 Å². The highest BCUT2D eigenvalue weighted by Crippen LogP contribution is 2.56. The minimum Gasteiger partial charge on any atom is -0.449 e. The van der Waals surface area contributed by atoms with Crippen LogP contribution in [0.25, 0.3) is 33.2 Å². The summed E-state index contributed by atoms with van der Waals surface area (Å²) < 4.78 is 13.0. The average molecular weight is 428 g/mol. The largest absolute Gasteiger partial charge is 0.449 e. The van der Waals surface area contributed by atoms with Gasteiger partial charge in [-0.1, -0.05) is 74.5 Å². The number of ether oxygens (including phenoxy) is 2. The molecule has 0 saturated carbocycles. The average Bonchev–Trinajstić information content (AvgIpc) is 3.07. The van der Waals surface area contributed by atoms with Crippen molar-refractivity contribution in [2.45, 2.75) is 19.3 Å². The summed E-state index contributed by atoms with van der Waals surface area (Å²) in [4.78, 5) is 4.64. The summed E-state index contributed by atoms with van der Waals surface area (Å²) in [5.74, 6) is 2.96. The van der Waals surface area contributed by atoms with Gasteiger partial charge in [0, 0.05) is 28.1 Å². The van der Waals surface area contributed by atoms with Gasteiger partial charge in [0.05, 0.1) is 5.52 Å². The Morgan fingerprint density at radius 2 is 1.36 bits per heavy atom. The Hall–Kier alpha value is -4.11. The maximum absolute atomic E-state index is 6.58. The Morgan fingerprint density at radius 3 is 2.30 bits per heavy atom. The molecule has 0 fully saturated rings. The Balaban J connectivity index is 1.40. The predicted molar refractivity (Wildman–Crippen MR) is 131 cm³/mol. The van der Waals surface area contributed by atoms with Gasteiger partial charge in [0.25, 0.3) is 0 Å². The summed E-state index contributed by atoms with van der Waals surface area (Å²) in [7, 11) is 0. The highest BCUT2D eigenvalue weighted by atomic mass is 16.6. The van der Waals surface area contributed by atoms with Gasteiger partial charge in [-0.2, -0.15) is 0 Å². The summed E-state index contributed by atoms with van der Waals surface area (Å²) in [6, 6.07) is 29.2. The Labute approximate surface area is 192 Å². The summed E-state index contributed by atoms with van der Waals surface area (Å²) >= 11 is 0. The van der Waals surface area contributed by atoms with Gasteiger partial charge < -0.3 is 9.47 Å². The first-order valence-corrected chi connectivity index (χ1v) is 11.2. The first-order valence-electron chi connectivity index (χ1n) is 11.2. The molecule has 1 aliphatic carbocycles. The van der Waals surface area contributed by atoms with Crippen molar-refractivity contribution in [1.82, 2.24) is 4.98 Å². The van der Waals surface area contributed by atoms with Crippen LogP contribution in [-0.4, -0.2) is 4.98 Å². The first kappa shape index (κ1) is 18.5. The van der Waals surface area contributed by atoms with Crippen molar-refractivity contribution in [2.24, 2.45) is 0 Å². The molecular formula is C30H21NO2. The third-order valence-electron chi connectivity index (χ3n) is 6.98. The number of pyridine rings is 1. The number of rotatable bonds is 1. The third kappa shape index (κ3) is 2.53. The highest BCUT2D eigenvalue weighted by Gasteiger charge is 2.37. The Bertz CT molecular complexity index is 1590. The third-order valence-corrected chi connectivity index (χ3v) is 6.98. The molecule has 0 saturated heterocycles. The van der Waals surface area contributed by atoms with Crippen LogP contribution in [0.15, 0.2) is 91.1 Å². The van der Waals surface area contributed by atoms with Gasteiger partial charge in [-0.25, -0.2) is 0 Å². The van der Waals surface area contributed by atoms with E-state index in [1.165, 1.54) is 22.3 Å². The van der Waals surface area contributed by atoms with E-state index < -0.39 is 0 Å². The van der Waals surface area contributed by atoms with Crippen LogP contribution in [-0.2, 0) is 5.41 Å². The zero-order valence-corrected chi connectivity index (χ0v) is 18.4. The normalized spacial score (nSPS) is 14.5. The lowest BCUT2D eigenvalue weighted by molar-refractivity contribution is 0.360. The molecule has 3 nitrogen and oxygen atoms in total. The second-order valence-electron chi connectivity index (χ2n) is 9.23. The lowest BCUT2D eigenvalue weighted by atomic mass is 9.82. The predicted octanol–water partition coefficient (Wildman–Crippen LogP) is 8.11. The van der Waals surface area contributed by atoms with Crippen LogP contribution in [0.5, 0.6) is 23.0 Å². The van der Waals surface area contributed by atoms with Gasteiger partial charge in [-0.3, -0.25) is 4.98 Å². The maximum Gasteiger partial charge on any atom is 0.178 e. The fourth-order valence-corrected chi connectivity index (χ4v) is 5.33. The molecule has 0 amide bonds. The van der Waals surface area contributed by atoms with Crippen LogP contribution in [0, 0.1) is 0 Å². The molecule has 2 aliphatic rings. The molecule has 158 valence electrons. The smallest absolute Gasteiger partial charge is 0.178 e. The van der Waals surface area contributed by atoms with E-state index in [4.69, 9.17) is 9.47 Å². The number of nitrogens with zero attached hydrogens (tertiary/aromatic N) is 1. The van der Waals surface area contributed by atoms with Crippen molar-refractivity contribution in [3.63, 3.8) is 0 Å². The van der Waals surface area contributed by atoms with Gasteiger partial charge >= 0.3 is 0 Å². The van der Waals surface area contributed by atoms with E-state index in [2.05, 4.69) is 85.6 Å². The lowest BCUT2D eigenvalue weighted by Crippen LogP contribution is -2.15. The van der Waals surface area contributed by atoms with Crippen molar-refractivity contribution in [1.29, 1.82) is 0 Å². The van der Waals surface area contributed by atoms with Gasteiger partial charge in [0.15, 0.2) is 23.0 Å². The zero-order valence-electron chi connectivity index (χ0n) is 18.4. The molecule has 0 unspecified atom stereocenters. The summed E-state index contributed by atoms with van der Waals surface area (Å²) in [5.41, 5.74) is 7.95. The molecule has 0 bridgehead atoms. The number of fused-ring (bicyclic) bond motifs is 6. The van der Waals surface area contributed by atoms with Crippen LogP contribution in [0.1, 0.15) is 25.0 Å². The number of hydrogen-bond donors (Lipinski definition) is 0. The Kier molecular flexibility index (Phi) is 3.61. The minimum absolute atomic E-state index is 0.0936. The molecule has 33 heavy (non-hydrogen) atoms. The zero-order chi connectivity index (χ0) is 22.2. The molecule has 5 aromatic rings. The first-order chi connectivity index (χ1) is 16.1. The molecule has 1 aromatic heterocycles. The van der Waals surface area contributed by atoms with Crippen LogP contribution < -0.4 is 9.47 Å². The molecule has 7 rings (SSSR count). The standard InChI is InChI=1S/C30H21NO2/c1-30(2)23-13-4-3-10-19(23)22-16-26-27(17-24(22)30)33-29-21(12-6-14-25(29)32-26)20-11-5-8-18-9-7-15-31-28(18)20/h3-17H,1-2H3. The molecular weight excluding hydrogens is 406 g/mol. The molecule has 0 radical (unpaired) electrons. The number of benzene rings is 4. The van der Waals surface area contributed by atoms with Crippen molar-refractivity contribution >= 4 is 10.9 Å². The van der Waals surface area contributed by atoms with Crippen molar-refractivity contribution < 1.29 is 9.47 Å². The number of para-hydroxylation sites is 2. The quantitative estimate of drug-likeness (QED) is 0.266. The number of aromatic nitrogens is 1. The van der Waals surface area contributed by atoms with E-state index >= 15 is 0 Å². The Morgan fingerprint density at radius 1 is 0.606 bits per heavy atom. The molecule has 0 spiro atoms.